The fraction of sp³-hybridized carbons (Fsp3) is 0.250. The average Bonchev–Trinajstić information content (AvgIpc) is 3.36. The normalized spacial score (nSPS) is 13.7. The molecule has 1 fully saturated rings. The first-order valence-electron chi connectivity index (χ1n) is 8.00. The van der Waals surface area contributed by atoms with Gasteiger partial charge in [-0.2, -0.15) is 4.52 Å². The van der Waals surface area contributed by atoms with E-state index in [0.717, 1.165) is 29.9 Å². The second-order valence-corrected chi connectivity index (χ2v) is 6.00. The van der Waals surface area contributed by atoms with Gasteiger partial charge in [0.05, 0.1) is 24.7 Å². The first-order valence-corrected chi connectivity index (χ1v) is 8.00. The maximum atomic E-state index is 5.98. The highest BCUT2D eigenvalue weighted by atomic mass is 16.5. The van der Waals surface area contributed by atoms with Crippen molar-refractivity contribution in [3.8, 4) is 5.75 Å². The van der Waals surface area contributed by atoms with Crippen LogP contribution in [0.3, 0.4) is 0 Å². The Morgan fingerprint density at radius 2 is 2.00 bits per heavy atom. The summed E-state index contributed by atoms with van der Waals surface area (Å²) >= 11 is 0. The number of nitrogens with zero attached hydrogens (tertiary/aromatic N) is 3. The molecule has 1 aliphatic rings. The number of nitrogens with one attached hydrogen (secondary N) is 3. The number of benzene rings is 1. The van der Waals surface area contributed by atoms with Gasteiger partial charge in [-0.25, -0.2) is 4.98 Å². The van der Waals surface area contributed by atoms with Crippen molar-refractivity contribution < 1.29 is 4.74 Å². The molecule has 2 heterocycles. The van der Waals surface area contributed by atoms with Crippen molar-refractivity contribution in [1.29, 1.82) is 0 Å². The van der Waals surface area contributed by atoms with Crippen molar-refractivity contribution in [3.63, 3.8) is 0 Å². The van der Waals surface area contributed by atoms with Crippen molar-refractivity contribution in [3.05, 3.63) is 30.5 Å². The molecule has 2 aromatic heterocycles. The molecule has 0 atom stereocenters. The lowest BCUT2D eigenvalue weighted by Crippen LogP contribution is -2.09. The van der Waals surface area contributed by atoms with Crippen molar-refractivity contribution in [1.82, 2.24) is 14.6 Å². The van der Waals surface area contributed by atoms with Crippen LogP contribution in [0.1, 0.15) is 12.8 Å². The smallest absolute Gasteiger partial charge is 0.179 e. The number of hydrogen-bond acceptors (Lipinski definition) is 8. The Balaban J connectivity index is 1.72. The number of aromatic nitrogens is 3. The van der Waals surface area contributed by atoms with Crippen LogP contribution in [0.4, 0.5) is 28.7 Å². The van der Waals surface area contributed by atoms with E-state index in [1.807, 2.05) is 18.2 Å². The maximum absolute atomic E-state index is 5.98. The van der Waals surface area contributed by atoms with Crippen LogP contribution in [0.2, 0.25) is 0 Å². The number of ether oxygens (including phenoxy) is 1. The molecule has 0 spiro atoms. The molecule has 1 saturated carbocycles. The van der Waals surface area contributed by atoms with Gasteiger partial charge >= 0.3 is 0 Å². The SMILES string of the molecule is COc1cc(NN)cc(Nc2cc(NC3CC3)c3ncc(N)n3n2)c1. The minimum Gasteiger partial charge on any atom is -0.497 e. The van der Waals surface area contributed by atoms with E-state index in [1.54, 1.807) is 23.9 Å². The predicted octanol–water partition coefficient (Wildman–Crippen LogP) is 1.92. The molecule has 130 valence electrons. The minimum atomic E-state index is 0.479. The molecular weight excluding hydrogens is 320 g/mol. The Labute approximate surface area is 144 Å². The molecule has 0 unspecified atom stereocenters. The standard InChI is InChI=1S/C16H20N8O/c1-25-12-5-10(4-11(6-12)22-18)21-15-7-13(20-9-2-3-9)16-19-8-14(17)24(16)23-15/h4-9,20,22H,2-3,17-18H2,1H3,(H,21,23). The van der Waals surface area contributed by atoms with Crippen LogP contribution in [-0.4, -0.2) is 27.7 Å². The van der Waals surface area contributed by atoms with Crippen LogP contribution in [-0.2, 0) is 0 Å². The van der Waals surface area contributed by atoms with Gasteiger partial charge in [-0.15, -0.1) is 5.10 Å². The number of fused-ring (bicyclic) bond motifs is 1. The Morgan fingerprint density at radius 1 is 1.20 bits per heavy atom. The third kappa shape index (κ3) is 3.09. The third-order valence-electron chi connectivity index (χ3n) is 4.01. The number of imidazole rings is 1. The van der Waals surface area contributed by atoms with E-state index in [4.69, 9.17) is 16.3 Å². The summed E-state index contributed by atoms with van der Waals surface area (Å²) in [6.45, 7) is 0. The molecule has 7 N–H and O–H groups in total. The molecule has 0 bridgehead atoms. The number of nitrogen functional groups attached to an aromatic ring is 2. The Bertz CT molecular complexity index is 896. The topological polar surface area (TPSA) is 128 Å². The number of nitrogens with two attached hydrogens (primary N) is 2. The van der Waals surface area contributed by atoms with Crippen LogP contribution < -0.4 is 32.4 Å². The van der Waals surface area contributed by atoms with E-state index in [1.165, 1.54) is 0 Å². The lowest BCUT2D eigenvalue weighted by atomic mass is 10.2. The highest BCUT2D eigenvalue weighted by Crippen LogP contribution is 2.31. The van der Waals surface area contributed by atoms with E-state index < -0.39 is 0 Å². The third-order valence-corrected chi connectivity index (χ3v) is 4.01. The first-order chi connectivity index (χ1) is 12.2. The van der Waals surface area contributed by atoms with Gasteiger partial charge in [0, 0.05) is 29.9 Å². The molecule has 4 rings (SSSR count). The van der Waals surface area contributed by atoms with Gasteiger partial charge < -0.3 is 26.5 Å². The van der Waals surface area contributed by atoms with E-state index >= 15 is 0 Å². The number of hydrazine groups is 1. The van der Waals surface area contributed by atoms with Gasteiger partial charge in [0.1, 0.15) is 11.6 Å². The van der Waals surface area contributed by atoms with Gasteiger partial charge in [-0.1, -0.05) is 0 Å². The zero-order valence-corrected chi connectivity index (χ0v) is 13.8. The highest BCUT2D eigenvalue weighted by molar-refractivity contribution is 5.75. The average molecular weight is 340 g/mol. The molecule has 1 aromatic carbocycles. The molecule has 25 heavy (non-hydrogen) atoms. The van der Waals surface area contributed by atoms with Crippen LogP contribution in [0.15, 0.2) is 30.5 Å². The van der Waals surface area contributed by atoms with Crippen LogP contribution >= 0.6 is 0 Å². The maximum Gasteiger partial charge on any atom is 0.179 e. The monoisotopic (exact) mass is 340 g/mol. The number of methoxy groups -OCH3 is 1. The Kier molecular flexibility index (Phi) is 3.69. The molecule has 0 amide bonds. The summed E-state index contributed by atoms with van der Waals surface area (Å²) in [5.74, 6) is 7.31. The number of rotatable bonds is 6. The van der Waals surface area contributed by atoms with Crippen molar-refractivity contribution in [2.75, 3.05) is 28.9 Å². The van der Waals surface area contributed by atoms with E-state index in [-0.39, 0.29) is 0 Å². The van der Waals surface area contributed by atoms with Crippen LogP contribution in [0, 0.1) is 0 Å². The summed E-state index contributed by atoms with van der Waals surface area (Å²) < 4.78 is 6.91. The van der Waals surface area contributed by atoms with Crippen molar-refractivity contribution in [2.45, 2.75) is 18.9 Å². The van der Waals surface area contributed by atoms with Gasteiger partial charge in [-0.05, 0) is 18.9 Å². The highest BCUT2D eigenvalue weighted by Gasteiger charge is 2.23. The van der Waals surface area contributed by atoms with Crippen LogP contribution in [0.25, 0.3) is 5.65 Å². The summed E-state index contributed by atoms with van der Waals surface area (Å²) in [5, 5.41) is 11.2. The van der Waals surface area contributed by atoms with Gasteiger partial charge in [0.2, 0.25) is 0 Å². The fourth-order valence-electron chi connectivity index (χ4n) is 2.62. The largest absolute Gasteiger partial charge is 0.497 e. The van der Waals surface area contributed by atoms with Crippen LogP contribution in [0.5, 0.6) is 5.75 Å². The van der Waals surface area contributed by atoms with E-state index in [2.05, 4.69) is 26.1 Å². The summed E-state index contributed by atoms with van der Waals surface area (Å²) in [6, 6.07) is 7.93. The van der Waals surface area contributed by atoms with Crippen molar-refractivity contribution >= 4 is 34.3 Å². The molecule has 3 aromatic rings. The minimum absolute atomic E-state index is 0.479. The first kappa shape index (κ1) is 15.3. The van der Waals surface area contributed by atoms with Gasteiger partial charge in [0.15, 0.2) is 11.5 Å². The zero-order chi connectivity index (χ0) is 17.4. The molecule has 9 heteroatoms. The van der Waals surface area contributed by atoms with Gasteiger partial charge in [-0.3, -0.25) is 5.84 Å². The second kappa shape index (κ2) is 6.02. The number of anilines is 5. The summed E-state index contributed by atoms with van der Waals surface area (Å²) in [5.41, 5.74) is 11.7. The van der Waals surface area contributed by atoms with E-state index in [0.29, 0.717) is 29.1 Å². The lowest BCUT2D eigenvalue weighted by molar-refractivity contribution is 0.415. The predicted molar refractivity (Wildman–Crippen MR) is 98.1 cm³/mol. The van der Waals surface area contributed by atoms with E-state index in [9.17, 15) is 0 Å². The Morgan fingerprint density at radius 3 is 2.72 bits per heavy atom. The summed E-state index contributed by atoms with van der Waals surface area (Å²) in [4.78, 5) is 4.34. The Hall–Kier alpha value is -3.20. The zero-order valence-electron chi connectivity index (χ0n) is 13.8. The quantitative estimate of drug-likeness (QED) is 0.340. The number of hydrogen-bond donors (Lipinski definition) is 5. The molecule has 0 radical (unpaired) electrons. The van der Waals surface area contributed by atoms with Crippen molar-refractivity contribution in [2.24, 2.45) is 5.84 Å². The summed E-state index contributed by atoms with van der Waals surface area (Å²) in [6.07, 6.45) is 3.93. The fourth-order valence-corrected chi connectivity index (χ4v) is 2.62. The second-order valence-electron chi connectivity index (χ2n) is 6.00. The van der Waals surface area contributed by atoms with Gasteiger partial charge in [0.25, 0.3) is 0 Å². The molecule has 0 aliphatic heterocycles. The summed E-state index contributed by atoms with van der Waals surface area (Å²) in [7, 11) is 1.60. The molecule has 0 saturated heterocycles. The lowest BCUT2D eigenvalue weighted by Gasteiger charge is -2.13. The molecular formula is C16H20N8O. The molecule has 9 nitrogen and oxygen atoms in total. The molecule has 1 aliphatic carbocycles.